The van der Waals surface area contributed by atoms with Crippen molar-refractivity contribution in [3.63, 3.8) is 0 Å². The first-order valence-corrected chi connectivity index (χ1v) is 8.11. The molecule has 2 atom stereocenters. The minimum atomic E-state index is -0.251. The SMILES string of the molecule is [CH2+]C(CSSCC([CH2+])C(OC)OC)C(OC)OC. The molecule has 0 amide bonds. The molecule has 0 aromatic heterocycles. The second-order valence-corrected chi connectivity index (χ2v) is 6.32. The molecular formula is C12H24O4S2+2. The van der Waals surface area contributed by atoms with E-state index in [0.717, 1.165) is 11.5 Å². The van der Waals surface area contributed by atoms with Gasteiger partial charge in [-0.2, -0.15) is 0 Å². The highest BCUT2D eigenvalue weighted by Gasteiger charge is 2.24. The first kappa shape index (κ1) is 18.3. The summed E-state index contributed by atoms with van der Waals surface area (Å²) in [6, 6.07) is 0. The highest BCUT2D eigenvalue weighted by atomic mass is 33.1. The maximum absolute atomic E-state index is 5.15. The lowest BCUT2D eigenvalue weighted by Crippen LogP contribution is -2.25. The van der Waals surface area contributed by atoms with E-state index >= 15 is 0 Å². The van der Waals surface area contributed by atoms with E-state index in [1.54, 1.807) is 50.0 Å². The third-order valence-electron chi connectivity index (χ3n) is 2.35. The molecule has 0 aromatic carbocycles. The topological polar surface area (TPSA) is 36.9 Å². The Morgan fingerprint density at radius 1 is 0.722 bits per heavy atom. The standard InChI is InChI=1S/C12H24O4S2/c1-9(11(13-3)14-4)7-17-18-8-10(2)12(15-5)16-6/h9-12H,1-2,7-8H2,3-6H3/q+2. The van der Waals surface area contributed by atoms with E-state index in [2.05, 4.69) is 13.8 Å². The summed E-state index contributed by atoms with van der Waals surface area (Å²) in [7, 11) is 9.95. The van der Waals surface area contributed by atoms with Crippen LogP contribution in [0.5, 0.6) is 0 Å². The van der Waals surface area contributed by atoms with Crippen molar-refractivity contribution in [2.75, 3.05) is 39.9 Å². The molecule has 0 rings (SSSR count). The maximum Gasteiger partial charge on any atom is 0.201 e. The van der Waals surface area contributed by atoms with E-state index in [1.807, 2.05) is 0 Å². The lowest BCUT2D eigenvalue weighted by Gasteiger charge is -2.17. The number of hydrogen-bond acceptors (Lipinski definition) is 6. The van der Waals surface area contributed by atoms with Gasteiger partial charge in [-0.15, -0.1) is 0 Å². The average Bonchev–Trinajstić information content (AvgIpc) is 2.37. The van der Waals surface area contributed by atoms with Crippen molar-refractivity contribution in [2.45, 2.75) is 12.6 Å². The van der Waals surface area contributed by atoms with E-state index in [4.69, 9.17) is 18.9 Å². The number of ether oxygens (including phenoxy) is 4. The Morgan fingerprint density at radius 3 is 1.22 bits per heavy atom. The van der Waals surface area contributed by atoms with E-state index in [-0.39, 0.29) is 24.4 Å². The van der Waals surface area contributed by atoms with Crippen LogP contribution in [0.2, 0.25) is 0 Å². The van der Waals surface area contributed by atoms with Crippen LogP contribution in [0.1, 0.15) is 0 Å². The monoisotopic (exact) mass is 296 g/mol. The third-order valence-corrected chi connectivity index (χ3v) is 4.96. The summed E-state index contributed by atoms with van der Waals surface area (Å²) in [4.78, 5) is 0. The fourth-order valence-electron chi connectivity index (χ4n) is 1.39. The first-order chi connectivity index (χ1) is 8.60. The Morgan fingerprint density at radius 2 is 1.00 bits per heavy atom. The lowest BCUT2D eigenvalue weighted by molar-refractivity contribution is -0.122. The van der Waals surface area contributed by atoms with Crippen molar-refractivity contribution in [1.29, 1.82) is 0 Å². The van der Waals surface area contributed by atoms with Crippen molar-refractivity contribution in [3.8, 4) is 0 Å². The van der Waals surface area contributed by atoms with Gasteiger partial charge >= 0.3 is 0 Å². The molecule has 6 heteroatoms. The van der Waals surface area contributed by atoms with E-state index in [0.29, 0.717) is 0 Å². The Bertz CT molecular complexity index is 167. The quantitative estimate of drug-likeness (QED) is 0.252. The molecule has 0 N–H and O–H groups in total. The van der Waals surface area contributed by atoms with Gasteiger partial charge in [-0.05, 0) is 0 Å². The molecule has 0 fully saturated rings. The molecule has 0 aliphatic carbocycles. The second-order valence-electron chi connectivity index (χ2n) is 3.77. The molecule has 2 unspecified atom stereocenters. The Balaban J connectivity index is 3.72. The Kier molecular flexibility index (Phi) is 11.3. The smallest absolute Gasteiger partial charge is 0.201 e. The van der Waals surface area contributed by atoms with Crippen LogP contribution in [-0.4, -0.2) is 52.5 Å². The summed E-state index contributed by atoms with van der Waals surface area (Å²) >= 11 is 0. The fourth-order valence-corrected chi connectivity index (χ4v) is 3.87. The molecule has 18 heavy (non-hydrogen) atoms. The number of hydrogen-bond donors (Lipinski definition) is 0. The predicted octanol–water partition coefficient (Wildman–Crippen LogP) is 2.51. The van der Waals surface area contributed by atoms with Crippen LogP contribution in [0.4, 0.5) is 0 Å². The summed E-state index contributed by atoms with van der Waals surface area (Å²) in [6.45, 7) is 8.03. The summed E-state index contributed by atoms with van der Waals surface area (Å²) in [5.41, 5.74) is 0. The summed E-state index contributed by atoms with van der Waals surface area (Å²) in [6.07, 6.45) is -0.501. The number of methoxy groups -OCH3 is 4. The largest absolute Gasteiger partial charge is 0.352 e. The first-order valence-electron chi connectivity index (χ1n) is 5.62. The van der Waals surface area contributed by atoms with Crippen LogP contribution in [-0.2, 0) is 18.9 Å². The molecule has 0 aromatic rings. The zero-order chi connectivity index (χ0) is 14.0. The highest BCUT2D eigenvalue weighted by Crippen LogP contribution is 2.28. The molecule has 0 saturated heterocycles. The zero-order valence-corrected chi connectivity index (χ0v) is 13.2. The maximum atomic E-state index is 5.15. The van der Waals surface area contributed by atoms with Gasteiger partial charge in [0.25, 0.3) is 0 Å². The minimum absolute atomic E-state index is 0.0985. The van der Waals surface area contributed by atoms with Crippen LogP contribution in [0, 0.1) is 25.7 Å². The van der Waals surface area contributed by atoms with Gasteiger partial charge in [-0.25, -0.2) is 0 Å². The van der Waals surface area contributed by atoms with Crippen molar-refractivity contribution in [2.24, 2.45) is 11.8 Å². The molecular weight excluding hydrogens is 272 g/mol. The summed E-state index contributed by atoms with van der Waals surface area (Å²) in [5, 5.41) is 0. The molecule has 0 saturated carbocycles. The van der Waals surface area contributed by atoms with Gasteiger partial charge in [0.2, 0.25) is 12.6 Å². The van der Waals surface area contributed by atoms with Gasteiger partial charge in [0.15, 0.2) is 11.8 Å². The third kappa shape index (κ3) is 7.01. The van der Waals surface area contributed by atoms with Crippen LogP contribution in [0.3, 0.4) is 0 Å². The van der Waals surface area contributed by atoms with Crippen LogP contribution >= 0.6 is 21.6 Å². The molecule has 0 radical (unpaired) electrons. The summed E-state index contributed by atoms with van der Waals surface area (Å²) < 4.78 is 20.6. The van der Waals surface area contributed by atoms with Gasteiger partial charge in [0, 0.05) is 28.4 Å². The van der Waals surface area contributed by atoms with Crippen molar-refractivity contribution >= 4 is 21.6 Å². The van der Waals surface area contributed by atoms with Gasteiger partial charge in [-0.3, -0.25) is 0 Å². The molecule has 0 heterocycles. The van der Waals surface area contributed by atoms with Gasteiger partial charge in [0.1, 0.15) is 0 Å². The lowest BCUT2D eigenvalue weighted by atomic mass is 10.2. The molecule has 0 spiro atoms. The molecule has 4 nitrogen and oxygen atoms in total. The van der Waals surface area contributed by atoms with E-state index < -0.39 is 0 Å². The van der Waals surface area contributed by atoms with E-state index in [1.165, 1.54) is 0 Å². The van der Waals surface area contributed by atoms with Crippen LogP contribution < -0.4 is 0 Å². The molecule has 106 valence electrons. The predicted molar refractivity (Wildman–Crippen MR) is 78.2 cm³/mol. The van der Waals surface area contributed by atoms with Crippen LogP contribution in [0.25, 0.3) is 0 Å². The average molecular weight is 296 g/mol. The second kappa shape index (κ2) is 11.1. The zero-order valence-electron chi connectivity index (χ0n) is 11.6. The fraction of sp³-hybridized carbons (Fsp3) is 0.833. The normalized spacial score (nSPS) is 15.2. The van der Waals surface area contributed by atoms with E-state index in [9.17, 15) is 0 Å². The minimum Gasteiger partial charge on any atom is -0.352 e. The van der Waals surface area contributed by atoms with Crippen molar-refractivity contribution < 1.29 is 18.9 Å². The van der Waals surface area contributed by atoms with Crippen LogP contribution in [0.15, 0.2) is 0 Å². The number of rotatable bonds is 11. The molecule has 0 bridgehead atoms. The molecule has 0 aliphatic rings. The Hall–Kier alpha value is 0.280. The van der Waals surface area contributed by atoms with Gasteiger partial charge in [0.05, 0.1) is 25.4 Å². The van der Waals surface area contributed by atoms with Gasteiger partial charge in [-0.1, -0.05) is 21.6 Å². The Labute approximate surface area is 119 Å². The van der Waals surface area contributed by atoms with Crippen molar-refractivity contribution in [3.05, 3.63) is 13.8 Å². The molecule has 0 aliphatic heterocycles. The highest BCUT2D eigenvalue weighted by molar-refractivity contribution is 8.76. The van der Waals surface area contributed by atoms with Crippen molar-refractivity contribution in [1.82, 2.24) is 0 Å². The van der Waals surface area contributed by atoms with Gasteiger partial charge < -0.3 is 18.9 Å². The summed E-state index contributed by atoms with van der Waals surface area (Å²) in [5.74, 6) is 1.91.